The molecule has 0 saturated heterocycles. The fraction of sp³-hybridized carbons (Fsp3) is 0.333. The molecule has 1 unspecified atom stereocenters. The maximum absolute atomic E-state index is 11.8. The van der Waals surface area contributed by atoms with Gasteiger partial charge in [0.1, 0.15) is 0 Å². The molecule has 0 spiro atoms. The van der Waals surface area contributed by atoms with Gasteiger partial charge in [0, 0.05) is 23.5 Å². The lowest BCUT2D eigenvalue weighted by atomic mass is 10.2. The zero-order chi connectivity index (χ0) is 16.1. The van der Waals surface area contributed by atoms with Crippen molar-refractivity contribution in [3.05, 3.63) is 41.2 Å². The van der Waals surface area contributed by atoms with Crippen molar-refractivity contribution in [2.75, 3.05) is 12.4 Å². The van der Waals surface area contributed by atoms with Crippen molar-refractivity contribution in [1.82, 2.24) is 14.9 Å². The molecule has 22 heavy (non-hydrogen) atoms. The number of rotatable bonds is 6. The first kappa shape index (κ1) is 16.9. The number of aliphatic hydroxyl groups is 1. The molecule has 1 aromatic carbocycles. The Kier molecular flexibility index (Phi) is 5.88. The van der Waals surface area contributed by atoms with Gasteiger partial charge < -0.3 is 10.4 Å². The molecule has 2 N–H and O–H groups in total. The smallest absolute Gasteiger partial charge is 0.230 e. The number of imidazole rings is 1. The van der Waals surface area contributed by atoms with E-state index in [0.717, 1.165) is 16.4 Å². The summed E-state index contributed by atoms with van der Waals surface area (Å²) in [5, 5.41) is 13.0. The lowest BCUT2D eigenvalue weighted by Crippen LogP contribution is -2.36. The van der Waals surface area contributed by atoms with Gasteiger partial charge in [-0.1, -0.05) is 29.4 Å². The molecule has 0 fully saturated rings. The van der Waals surface area contributed by atoms with E-state index in [1.54, 1.807) is 13.1 Å². The number of thioether (sulfide) groups is 1. The molecular weight excluding hydrogens is 322 g/mol. The van der Waals surface area contributed by atoms with Gasteiger partial charge in [0.05, 0.1) is 18.0 Å². The normalized spacial score (nSPS) is 12.2. The molecule has 5 nitrogen and oxygen atoms in total. The summed E-state index contributed by atoms with van der Waals surface area (Å²) in [6.45, 7) is 3.62. The van der Waals surface area contributed by atoms with Crippen molar-refractivity contribution in [3.63, 3.8) is 0 Å². The number of carbonyl (C=O) groups excluding carboxylic acids is 1. The van der Waals surface area contributed by atoms with Gasteiger partial charge in [0.2, 0.25) is 5.91 Å². The van der Waals surface area contributed by atoms with Gasteiger partial charge in [-0.05, 0) is 31.5 Å². The number of amides is 1. The van der Waals surface area contributed by atoms with Crippen LogP contribution in [0.25, 0.3) is 5.69 Å². The van der Waals surface area contributed by atoms with Crippen molar-refractivity contribution in [1.29, 1.82) is 0 Å². The summed E-state index contributed by atoms with van der Waals surface area (Å²) in [6.07, 6.45) is 3.53. The molecule has 7 heteroatoms. The minimum atomic E-state index is -0.247. The number of nitrogens with one attached hydrogen (secondary N) is 1. The fourth-order valence-corrected chi connectivity index (χ4v) is 2.88. The van der Waals surface area contributed by atoms with E-state index in [1.165, 1.54) is 11.8 Å². The predicted molar refractivity (Wildman–Crippen MR) is 88.7 cm³/mol. The van der Waals surface area contributed by atoms with Gasteiger partial charge >= 0.3 is 0 Å². The molecule has 1 atom stereocenters. The minimum Gasteiger partial charge on any atom is -0.394 e. The Morgan fingerprint density at radius 3 is 3.05 bits per heavy atom. The van der Waals surface area contributed by atoms with Crippen LogP contribution in [0.2, 0.25) is 5.02 Å². The number of halogens is 1. The van der Waals surface area contributed by atoms with Crippen LogP contribution in [0.3, 0.4) is 0 Å². The number of hydrogen-bond donors (Lipinski definition) is 2. The van der Waals surface area contributed by atoms with E-state index in [9.17, 15) is 4.79 Å². The topological polar surface area (TPSA) is 67.2 Å². The van der Waals surface area contributed by atoms with Crippen LogP contribution < -0.4 is 5.32 Å². The number of carbonyl (C=O) groups is 1. The second kappa shape index (κ2) is 7.67. The molecule has 0 aliphatic heterocycles. The van der Waals surface area contributed by atoms with Crippen molar-refractivity contribution in [3.8, 4) is 5.69 Å². The van der Waals surface area contributed by atoms with Crippen molar-refractivity contribution >= 4 is 29.3 Å². The highest BCUT2D eigenvalue weighted by Crippen LogP contribution is 2.26. The first-order chi connectivity index (χ1) is 10.5. The van der Waals surface area contributed by atoms with Crippen molar-refractivity contribution < 1.29 is 9.90 Å². The Morgan fingerprint density at radius 2 is 2.32 bits per heavy atom. The fourth-order valence-electron chi connectivity index (χ4n) is 1.93. The van der Waals surface area contributed by atoms with Crippen LogP contribution in [0.4, 0.5) is 0 Å². The summed E-state index contributed by atoms with van der Waals surface area (Å²) in [5.41, 5.74) is 1.90. The van der Waals surface area contributed by atoms with Gasteiger partial charge in [-0.3, -0.25) is 9.36 Å². The molecule has 1 amide bonds. The van der Waals surface area contributed by atoms with E-state index in [4.69, 9.17) is 16.7 Å². The van der Waals surface area contributed by atoms with Gasteiger partial charge in [-0.25, -0.2) is 4.98 Å². The molecule has 2 aromatic rings. The number of nitrogens with zero attached hydrogens (tertiary/aromatic N) is 2. The molecule has 1 heterocycles. The maximum Gasteiger partial charge on any atom is 0.230 e. The third-order valence-electron chi connectivity index (χ3n) is 3.12. The van der Waals surface area contributed by atoms with E-state index in [2.05, 4.69) is 10.3 Å². The summed E-state index contributed by atoms with van der Waals surface area (Å²) in [7, 11) is 0. The van der Waals surface area contributed by atoms with E-state index >= 15 is 0 Å². The molecule has 118 valence electrons. The summed E-state index contributed by atoms with van der Waals surface area (Å²) in [4.78, 5) is 16.1. The van der Waals surface area contributed by atoms with Crippen LogP contribution in [-0.4, -0.2) is 39.0 Å². The van der Waals surface area contributed by atoms with E-state index in [0.29, 0.717) is 5.02 Å². The van der Waals surface area contributed by atoms with Crippen LogP contribution in [0.15, 0.2) is 35.7 Å². The summed E-state index contributed by atoms with van der Waals surface area (Å²) < 4.78 is 1.91. The van der Waals surface area contributed by atoms with Crippen LogP contribution in [-0.2, 0) is 4.79 Å². The maximum atomic E-state index is 11.8. The third kappa shape index (κ3) is 4.03. The van der Waals surface area contributed by atoms with Gasteiger partial charge in [0.25, 0.3) is 0 Å². The average molecular weight is 340 g/mol. The quantitative estimate of drug-likeness (QED) is 0.793. The molecule has 1 aromatic heterocycles. The molecule has 0 aliphatic carbocycles. The van der Waals surface area contributed by atoms with Gasteiger partial charge in [-0.15, -0.1) is 0 Å². The number of aromatic nitrogens is 2. The largest absolute Gasteiger partial charge is 0.394 e. The van der Waals surface area contributed by atoms with Crippen LogP contribution in [0.5, 0.6) is 0 Å². The molecule has 0 aliphatic rings. The predicted octanol–water partition coefficient (Wildman–Crippen LogP) is 2.42. The van der Waals surface area contributed by atoms with Crippen LogP contribution in [0.1, 0.15) is 12.5 Å². The molecule has 0 radical (unpaired) electrons. The average Bonchev–Trinajstić information content (AvgIpc) is 2.96. The Morgan fingerprint density at radius 1 is 1.55 bits per heavy atom. The first-order valence-corrected chi connectivity index (χ1v) is 8.21. The SMILES string of the molecule is Cc1c(Cl)cccc1-n1ccnc1SCC(=O)NC(C)CO. The van der Waals surface area contributed by atoms with Gasteiger partial charge in [0.15, 0.2) is 5.16 Å². The lowest BCUT2D eigenvalue weighted by Gasteiger charge is -2.12. The molecule has 0 saturated carbocycles. The Labute approximate surface area is 138 Å². The lowest BCUT2D eigenvalue weighted by molar-refractivity contribution is -0.119. The Balaban J connectivity index is 2.10. The minimum absolute atomic E-state index is 0.0766. The zero-order valence-electron chi connectivity index (χ0n) is 12.4. The Hall–Kier alpha value is -1.50. The van der Waals surface area contributed by atoms with E-state index in [-0.39, 0.29) is 24.3 Å². The molecule has 0 bridgehead atoms. The highest BCUT2D eigenvalue weighted by molar-refractivity contribution is 7.99. The van der Waals surface area contributed by atoms with E-state index in [1.807, 2.05) is 35.9 Å². The van der Waals surface area contributed by atoms with Crippen molar-refractivity contribution in [2.24, 2.45) is 0 Å². The van der Waals surface area contributed by atoms with Crippen LogP contribution >= 0.6 is 23.4 Å². The second-order valence-electron chi connectivity index (χ2n) is 4.90. The second-order valence-corrected chi connectivity index (χ2v) is 6.25. The van der Waals surface area contributed by atoms with E-state index < -0.39 is 0 Å². The molecular formula is C15H18ClN3O2S. The van der Waals surface area contributed by atoms with Crippen molar-refractivity contribution in [2.45, 2.75) is 25.0 Å². The summed E-state index contributed by atoms with van der Waals surface area (Å²) in [5.74, 6) is 0.102. The first-order valence-electron chi connectivity index (χ1n) is 6.84. The summed E-state index contributed by atoms with van der Waals surface area (Å²) >= 11 is 7.49. The monoisotopic (exact) mass is 339 g/mol. The number of aliphatic hydroxyl groups excluding tert-OH is 1. The summed E-state index contributed by atoms with van der Waals surface area (Å²) in [6, 6.07) is 5.44. The Bertz CT molecular complexity index is 660. The van der Waals surface area contributed by atoms with Crippen LogP contribution in [0, 0.1) is 6.92 Å². The molecule has 2 rings (SSSR count). The van der Waals surface area contributed by atoms with Gasteiger partial charge in [-0.2, -0.15) is 0 Å². The standard InChI is InChI=1S/C15H18ClN3O2S/c1-10(8-20)18-14(21)9-22-15-17-6-7-19(15)13-5-3-4-12(16)11(13)2/h3-7,10,20H,8-9H2,1-2H3,(H,18,21). The number of hydrogen-bond acceptors (Lipinski definition) is 4. The highest BCUT2D eigenvalue weighted by atomic mass is 35.5. The highest BCUT2D eigenvalue weighted by Gasteiger charge is 2.12. The third-order valence-corrected chi connectivity index (χ3v) is 4.50. The zero-order valence-corrected chi connectivity index (χ0v) is 14.0. The number of benzene rings is 1.